The van der Waals surface area contributed by atoms with Crippen molar-refractivity contribution in [3.63, 3.8) is 0 Å². The third-order valence-corrected chi connectivity index (χ3v) is 6.32. The van der Waals surface area contributed by atoms with E-state index in [0.29, 0.717) is 41.0 Å². The molecular weight excluding hydrogens is 462 g/mol. The maximum atomic E-state index is 10.9. The molecule has 0 atom stereocenters. The maximum absolute atomic E-state index is 10.9. The molecule has 0 fully saturated rings. The molecule has 0 unspecified atom stereocenters. The molecule has 4 rings (SSSR count). The lowest BCUT2D eigenvalue weighted by Crippen LogP contribution is -2.01. The van der Waals surface area contributed by atoms with Crippen LogP contribution in [0, 0.1) is 13.8 Å². The summed E-state index contributed by atoms with van der Waals surface area (Å²) >= 11 is 0. The van der Waals surface area contributed by atoms with E-state index in [9.17, 15) is 10.2 Å². The van der Waals surface area contributed by atoms with Gasteiger partial charge in [0.1, 0.15) is 17.2 Å². The van der Waals surface area contributed by atoms with Crippen LogP contribution in [0.2, 0.25) is 0 Å². The van der Waals surface area contributed by atoms with Gasteiger partial charge in [0.15, 0.2) is 17.5 Å². The van der Waals surface area contributed by atoms with Crippen LogP contribution in [0.3, 0.4) is 0 Å². The first-order valence-electron chi connectivity index (χ1n) is 13.0. The molecule has 4 aromatic rings. The average Bonchev–Trinajstić information content (AvgIpc) is 2.88. The summed E-state index contributed by atoms with van der Waals surface area (Å²) in [5, 5.41) is 21.5. The zero-order valence-electron chi connectivity index (χ0n) is 21.9. The van der Waals surface area contributed by atoms with Crippen molar-refractivity contribution in [3.05, 3.63) is 71.8 Å². The molecule has 37 heavy (non-hydrogen) atoms. The van der Waals surface area contributed by atoms with Gasteiger partial charge < -0.3 is 14.9 Å². The highest BCUT2D eigenvalue weighted by Crippen LogP contribution is 2.34. The summed E-state index contributed by atoms with van der Waals surface area (Å²) in [6, 6.07) is 18.5. The van der Waals surface area contributed by atoms with E-state index >= 15 is 0 Å². The summed E-state index contributed by atoms with van der Waals surface area (Å²) in [7, 11) is 0. The molecule has 0 radical (unpaired) electrons. The molecular formula is C31H35N3O3. The monoisotopic (exact) mass is 497 g/mol. The van der Waals surface area contributed by atoms with Crippen LogP contribution >= 0.6 is 0 Å². The minimum absolute atomic E-state index is 0.0283. The third kappa shape index (κ3) is 6.85. The molecule has 0 aliphatic rings. The highest BCUT2D eigenvalue weighted by atomic mass is 16.5. The number of phenolic OH excluding ortho intramolecular Hbond substituents is 2. The molecule has 0 spiro atoms. The first-order chi connectivity index (χ1) is 17.9. The van der Waals surface area contributed by atoms with Crippen molar-refractivity contribution in [3.8, 4) is 51.4 Å². The predicted octanol–water partition coefficient (Wildman–Crippen LogP) is 7.64. The lowest BCUT2D eigenvalue weighted by atomic mass is 10.1. The number of nitrogens with zero attached hydrogens (tertiary/aromatic N) is 3. The minimum Gasteiger partial charge on any atom is -0.507 e. The zero-order chi connectivity index (χ0) is 26.2. The highest BCUT2D eigenvalue weighted by molar-refractivity contribution is 5.72. The van der Waals surface area contributed by atoms with Crippen molar-refractivity contribution in [2.75, 3.05) is 6.61 Å². The van der Waals surface area contributed by atoms with Crippen LogP contribution in [0.5, 0.6) is 17.2 Å². The fraction of sp³-hybridized carbons (Fsp3) is 0.323. The van der Waals surface area contributed by atoms with Gasteiger partial charge in [-0.3, -0.25) is 0 Å². The van der Waals surface area contributed by atoms with Crippen LogP contribution in [0.15, 0.2) is 60.7 Å². The van der Waals surface area contributed by atoms with Crippen LogP contribution in [0.1, 0.15) is 56.6 Å². The van der Waals surface area contributed by atoms with Crippen molar-refractivity contribution in [2.45, 2.75) is 59.3 Å². The van der Waals surface area contributed by atoms with Gasteiger partial charge in [0.2, 0.25) is 0 Å². The molecule has 0 bridgehead atoms. The van der Waals surface area contributed by atoms with Crippen molar-refractivity contribution in [2.24, 2.45) is 0 Å². The van der Waals surface area contributed by atoms with Crippen molar-refractivity contribution in [1.29, 1.82) is 0 Å². The molecule has 192 valence electrons. The van der Waals surface area contributed by atoms with Crippen LogP contribution in [0.4, 0.5) is 0 Å². The number of benzene rings is 3. The molecule has 0 aliphatic heterocycles. The van der Waals surface area contributed by atoms with Gasteiger partial charge in [-0.25, -0.2) is 15.0 Å². The second-order valence-electron chi connectivity index (χ2n) is 9.49. The van der Waals surface area contributed by atoms with E-state index in [4.69, 9.17) is 4.74 Å². The topological polar surface area (TPSA) is 88.4 Å². The summed E-state index contributed by atoms with van der Waals surface area (Å²) in [6.07, 6.45) is 7.15. The Balaban J connectivity index is 1.62. The lowest BCUT2D eigenvalue weighted by molar-refractivity contribution is 0.303. The summed E-state index contributed by atoms with van der Waals surface area (Å²) in [4.78, 5) is 14.0. The van der Waals surface area contributed by atoms with Crippen LogP contribution in [0.25, 0.3) is 34.2 Å². The minimum atomic E-state index is 0.0283. The van der Waals surface area contributed by atoms with Crippen LogP contribution in [-0.2, 0) is 0 Å². The van der Waals surface area contributed by atoms with E-state index in [2.05, 4.69) is 21.9 Å². The molecule has 0 aliphatic carbocycles. The van der Waals surface area contributed by atoms with E-state index in [1.165, 1.54) is 25.7 Å². The van der Waals surface area contributed by atoms with E-state index in [1.54, 1.807) is 24.3 Å². The van der Waals surface area contributed by atoms with Gasteiger partial charge in [-0.2, -0.15) is 0 Å². The summed E-state index contributed by atoms with van der Waals surface area (Å²) < 4.78 is 5.86. The number of ether oxygens (including phenoxy) is 1. The second kappa shape index (κ2) is 12.3. The van der Waals surface area contributed by atoms with E-state index in [0.717, 1.165) is 29.5 Å². The number of hydrogen-bond acceptors (Lipinski definition) is 6. The Labute approximate surface area is 219 Å². The third-order valence-electron chi connectivity index (χ3n) is 6.32. The largest absolute Gasteiger partial charge is 0.507 e. The van der Waals surface area contributed by atoms with E-state index < -0.39 is 0 Å². The van der Waals surface area contributed by atoms with Gasteiger partial charge in [-0.15, -0.1) is 0 Å². The number of phenols is 2. The summed E-state index contributed by atoms with van der Waals surface area (Å²) in [5.41, 5.74) is 3.85. The molecule has 0 saturated carbocycles. The Morgan fingerprint density at radius 3 is 1.84 bits per heavy atom. The SMILES string of the molecule is CCCCCCCCOc1ccc(-c2nc(-c3ccc(C)cc3)nc(-c3ccc(C)cc3O)n2)c(O)c1. The first-order valence-corrected chi connectivity index (χ1v) is 13.0. The standard InChI is InChI=1S/C31H35N3O3/c1-4-5-6-7-8-9-18-37-24-15-17-26(28(36)20-24)31-33-29(23-13-10-21(2)11-14-23)32-30(34-31)25-16-12-22(3)19-27(25)35/h10-17,19-20,35-36H,4-9,18H2,1-3H3. The molecule has 6 heteroatoms. The Morgan fingerprint density at radius 2 is 1.19 bits per heavy atom. The second-order valence-corrected chi connectivity index (χ2v) is 9.49. The first kappa shape index (κ1) is 26.1. The Morgan fingerprint density at radius 1 is 0.622 bits per heavy atom. The van der Waals surface area contributed by atoms with Gasteiger partial charge in [-0.1, -0.05) is 74.9 Å². The van der Waals surface area contributed by atoms with Gasteiger partial charge in [0.25, 0.3) is 0 Å². The summed E-state index contributed by atoms with van der Waals surface area (Å²) in [6.45, 7) is 6.76. The maximum Gasteiger partial charge on any atom is 0.167 e. The molecule has 6 nitrogen and oxygen atoms in total. The Hall–Kier alpha value is -3.93. The molecule has 1 aromatic heterocycles. The summed E-state index contributed by atoms with van der Waals surface area (Å²) in [5.74, 6) is 1.85. The van der Waals surface area contributed by atoms with Crippen molar-refractivity contribution in [1.82, 2.24) is 15.0 Å². The quantitative estimate of drug-likeness (QED) is 0.207. The smallest absolute Gasteiger partial charge is 0.167 e. The normalized spacial score (nSPS) is 11.0. The highest BCUT2D eigenvalue weighted by Gasteiger charge is 2.17. The van der Waals surface area contributed by atoms with Crippen LogP contribution < -0.4 is 4.74 Å². The fourth-order valence-electron chi connectivity index (χ4n) is 4.14. The molecule has 1 heterocycles. The molecule has 2 N–H and O–H groups in total. The van der Waals surface area contributed by atoms with Crippen LogP contribution in [-0.4, -0.2) is 31.8 Å². The van der Waals surface area contributed by atoms with Gasteiger partial charge in [0.05, 0.1) is 17.7 Å². The molecule has 0 saturated heterocycles. The van der Waals surface area contributed by atoms with Crippen molar-refractivity contribution >= 4 is 0 Å². The number of rotatable bonds is 11. The van der Waals surface area contributed by atoms with Crippen molar-refractivity contribution < 1.29 is 14.9 Å². The van der Waals surface area contributed by atoms with E-state index in [1.807, 2.05) is 50.2 Å². The fourth-order valence-corrected chi connectivity index (χ4v) is 4.14. The number of hydrogen-bond donors (Lipinski definition) is 2. The molecule has 3 aromatic carbocycles. The Kier molecular flexibility index (Phi) is 8.72. The average molecular weight is 498 g/mol. The molecule has 0 amide bonds. The number of aryl methyl sites for hydroxylation is 2. The predicted molar refractivity (Wildman–Crippen MR) is 148 cm³/mol. The lowest BCUT2D eigenvalue weighted by Gasteiger charge is -2.12. The Bertz CT molecular complexity index is 1340. The van der Waals surface area contributed by atoms with Gasteiger partial charge in [0, 0.05) is 11.6 Å². The van der Waals surface area contributed by atoms with Gasteiger partial charge >= 0.3 is 0 Å². The van der Waals surface area contributed by atoms with E-state index in [-0.39, 0.29) is 11.5 Å². The van der Waals surface area contributed by atoms with Gasteiger partial charge in [-0.05, 0) is 50.1 Å². The number of aromatic hydroxyl groups is 2. The zero-order valence-corrected chi connectivity index (χ0v) is 21.9. The number of aromatic nitrogens is 3. The number of unbranched alkanes of at least 4 members (excludes halogenated alkanes) is 5.